The quantitative estimate of drug-likeness (QED) is 0.677. The smallest absolute Gasteiger partial charge is 0.162 e. The molecule has 16 heavy (non-hydrogen) atoms. The molecule has 0 atom stereocenters. The zero-order valence-electron chi connectivity index (χ0n) is 9.21. The first-order valence-corrected chi connectivity index (χ1v) is 5.85. The standard InChI is InChI=1S/C13H15NO2/c14-11-7-10(15)6-9-5-8-3-1-2-4-12(8)16-13(9)11/h6H,1-5,7,14H2. The molecule has 2 N–H and O–H groups in total. The Hall–Kier alpha value is -1.51. The first-order valence-electron chi connectivity index (χ1n) is 5.85. The molecular formula is C13H15NO2. The van der Waals surface area contributed by atoms with Gasteiger partial charge < -0.3 is 10.5 Å². The first-order chi connectivity index (χ1) is 7.74. The minimum atomic E-state index is 0.0970. The normalized spacial score (nSPS) is 24.8. The van der Waals surface area contributed by atoms with E-state index in [1.54, 1.807) is 6.08 Å². The van der Waals surface area contributed by atoms with Crippen LogP contribution in [0, 0.1) is 0 Å². The lowest BCUT2D eigenvalue weighted by Crippen LogP contribution is -2.21. The highest BCUT2D eigenvalue weighted by atomic mass is 16.5. The number of hydrogen-bond acceptors (Lipinski definition) is 3. The minimum Gasteiger partial charge on any atom is -0.460 e. The summed E-state index contributed by atoms with van der Waals surface area (Å²) in [5, 5.41) is 0. The van der Waals surface area contributed by atoms with E-state index >= 15 is 0 Å². The maximum absolute atomic E-state index is 11.4. The molecule has 3 heteroatoms. The number of nitrogens with two attached hydrogens (primary N) is 1. The van der Waals surface area contributed by atoms with Crippen LogP contribution in [0.3, 0.4) is 0 Å². The van der Waals surface area contributed by atoms with E-state index in [1.165, 1.54) is 18.4 Å². The van der Waals surface area contributed by atoms with Crippen molar-refractivity contribution in [1.29, 1.82) is 0 Å². The summed E-state index contributed by atoms with van der Waals surface area (Å²) in [5.41, 5.74) is 8.81. The molecule has 0 aromatic heterocycles. The van der Waals surface area contributed by atoms with E-state index < -0.39 is 0 Å². The van der Waals surface area contributed by atoms with Gasteiger partial charge in [0, 0.05) is 18.4 Å². The number of carbonyl (C=O) groups is 1. The number of rotatable bonds is 0. The highest BCUT2D eigenvalue weighted by Crippen LogP contribution is 2.40. The SMILES string of the molecule is NC1=C2OC3=C(CCCC3)CC2=CC(=O)C1. The molecule has 0 saturated carbocycles. The van der Waals surface area contributed by atoms with E-state index in [1.807, 2.05) is 0 Å². The zero-order valence-corrected chi connectivity index (χ0v) is 9.21. The summed E-state index contributed by atoms with van der Waals surface area (Å²) >= 11 is 0. The monoisotopic (exact) mass is 217 g/mol. The molecule has 2 aliphatic carbocycles. The molecule has 0 aromatic rings. The summed E-state index contributed by atoms with van der Waals surface area (Å²) in [6.45, 7) is 0. The van der Waals surface area contributed by atoms with Crippen LogP contribution in [0.5, 0.6) is 0 Å². The van der Waals surface area contributed by atoms with Gasteiger partial charge in [-0.15, -0.1) is 0 Å². The van der Waals surface area contributed by atoms with Gasteiger partial charge in [0.2, 0.25) is 0 Å². The Balaban J connectivity index is 2.01. The Bertz CT molecular complexity index is 455. The Kier molecular flexibility index (Phi) is 2.13. The molecule has 0 spiro atoms. The molecule has 3 rings (SSSR count). The highest BCUT2D eigenvalue weighted by molar-refractivity contribution is 5.94. The number of hydrogen-bond donors (Lipinski definition) is 1. The first kappa shape index (κ1) is 9.70. The van der Waals surface area contributed by atoms with E-state index in [0.717, 1.165) is 36.4 Å². The molecule has 0 amide bonds. The summed E-state index contributed by atoms with van der Waals surface area (Å²) in [7, 11) is 0. The average Bonchev–Trinajstić information content (AvgIpc) is 2.27. The highest BCUT2D eigenvalue weighted by Gasteiger charge is 2.29. The van der Waals surface area contributed by atoms with Crippen LogP contribution in [-0.2, 0) is 9.53 Å². The van der Waals surface area contributed by atoms with Crippen LogP contribution in [-0.4, -0.2) is 5.78 Å². The molecule has 0 bridgehead atoms. The van der Waals surface area contributed by atoms with Gasteiger partial charge in [0.1, 0.15) is 11.5 Å². The van der Waals surface area contributed by atoms with Crippen molar-refractivity contribution in [2.75, 3.05) is 0 Å². The third kappa shape index (κ3) is 1.47. The van der Waals surface area contributed by atoms with Crippen LogP contribution < -0.4 is 5.73 Å². The lowest BCUT2D eigenvalue weighted by molar-refractivity contribution is -0.114. The molecule has 0 aromatic carbocycles. The molecule has 3 aliphatic rings. The van der Waals surface area contributed by atoms with Crippen LogP contribution in [0.25, 0.3) is 0 Å². The van der Waals surface area contributed by atoms with Crippen molar-refractivity contribution in [3.8, 4) is 0 Å². The maximum atomic E-state index is 11.4. The van der Waals surface area contributed by atoms with Gasteiger partial charge in [-0.2, -0.15) is 0 Å². The fourth-order valence-electron chi connectivity index (χ4n) is 2.65. The van der Waals surface area contributed by atoms with Gasteiger partial charge in [-0.05, 0) is 30.9 Å². The van der Waals surface area contributed by atoms with Crippen LogP contribution in [0.15, 0.2) is 34.4 Å². The van der Waals surface area contributed by atoms with E-state index in [4.69, 9.17) is 10.5 Å². The van der Waals surface area contributed by atoms with Gasteiger partial charge in [-0.25, -0.2) is 0 Å². The number of ether oxygens (including phenoxy) is 1. The Morgan fingerprint density at radius 3 is 2.88 bits per heavy atom. The zero-order chi connectivity index (χ0) is 11.1. The minimum absolute atomic E-state index is 0.0970. The van der Waals surface area contributed by atoms with Crippen LogP contribution in [0.2, 0.25) is 0 Å². The van der Waals surface area contributed by atoms with E-state index in [0.29, 0.717) is 12.1 Å². The predicted octanol–water partition coefficient (Wildman–Crippen LogP) is 2.30. The lowest BCUT2D eigenvalue weighted by Gasteiger charge is -2.30. The number of carbonyl (C=O) groups excluding carboxylic acids is 1. The van der Waals surface area contributed by atoms with Crippen LogP contribution in [0.1, 0.15) is 38.5 Å². The number of allylic oxidation sites excluding steroid dienone is 5. The molecule has 1 heterocycles. The fourth-order valence-corrected chi connectivity index (χ4v) is 2.65. The summed E-state index contributed by atoms with van der Waals surface area (Å²) in [6.07, 6.45) is 7.42. The van der Waals surface area contributed by atoms with Crippen molar-refractivity contribution in [2.24, 2.45) is 5.73 Å². The van der Waals surface area contributed by atoms with Crippen molar-refractivity contribution in [1.82, 2.24) is 0 Å². The number of ketones is 1. The second-order valence-corrected chi connectivity index (χ2v) is 4.68. The molecule has 0 fully saturated rings. The van der Waals surface area contributed by atoms with E-state index in [-0.39, 0.29) is 5.78 Å². The molecule has 1 aliphatic heterocycles. The Morgan fingerprint density at radius 1 is 1.19 bits per heavy atom. The largest absolute Gasteiger partial charge is 0.460 e. The summed E-state index contributed by atoms with van der Waals surface area (Å²) in [6, 6.07) is 0. The third-order valence-corrected chi connectivity index (χ3v) is 3.44. The average molecular weight is 217 g/mol. The number of fused-ring (bicyclic) bond motifs is 1. The van der Waals surface area contributed by atoms with Gasteiger partial charge in [0.05, 0.1) is 12.1 Å². The van der Waals surface area contributed by atoms with Crippen molar-refractivity contribution in [2.45, 2.75) is 38.5 Å². The molecule has 84 valence electrons. The van der Waals surface area contributed by atoms with Crippen molar-refractivity contribution in [3.05, 3.63) is 34.4 Å². The van der Waals surface area contributed by atoms with Gasteiger partial charge >= 0.3 is 0 Å². The summed E-state index contributed by atoms with van der Waals surface area (Å²) in [5.74, 6) is 1.97. The van der Waals surface area contributed by atoms with Gasteiger partial charge in [-0.1, -0.05) is 0 Å². The summed E-state index contributed by atoms with van der Waals surface area (Å²) in [4.78, 5) is 11.4. The van der Waals surface area contributed by atoms with Gasteiger partial charge in [0.25, 0.3) is 0 Å². The molecule has 0 saturated heterocycles. The van der Waals surface area contributed by atoms with E-state index in [9.17, 15) is 4.79 Å². The molecule has 0 radical (unpaired) electrons. The molecular weight excluding hydrogens is 202 g/mol. The molecule has 0 unspecified atom stereocenters. The lowest BCUT2D eigenvalue weighted by atomic mass is 9.87. The van der Waals surface area contributed by atoms with E-state index in [2.05, 4.69) is 0 Å². The van der Waals surface area contributed by atoms with Gasteiger partial charge in [-0.3, -0.25) is 4.79 Å². The Labute approximate surface area is 94.6 Å². The van der Waals surface area contributed by atoms with Crippen molar-refractivity contribution < 1.29 is 9.53 Å². The third-order valence-electron chi connectivity index (χ3n) is 3.44. The fraction of sp³-hybridized carbons (Fsp3) is 0.462. The second kappa shape index (κ2) is 3.51. The topological polar surface area (TPSA) is 52.3 Å². The predicted molar refractivity (Wildman–Crippen MR) is 60.1 cm³/mol. The van der Waals surface area contributed by atoms with Crippen molar-refractivity contribution >= 4 is 5.78 Å². The van der Waals surface area contributed by atoms with Crippen molar-refractivity contribution in [3.63, 3.8) is 0 Å². The van der Waals surface area contributed by atoms with Gasteiger partial charge in [0.15, 0.2) is 5.78 Å². The van der Waals surface area contributed by atoms with Crippen LogP contribution >= 0.6 is 0 Å². The second-order valence-electron chi connectivity index (χ2n) is 4.68. The molecule has 3 nitrogen and oxygen atoms in total. The van der Waals surface area contributed by atoms with Crippen LogP contribution in [0.4, 0.5) is 0 Å². The Morgan fingerprint density at radius 2 is 2.00 bits per heavy atom. The maximum Gasteiger partial charge on any atom is 0.162 e. The summed E-state index contributed by atoms with van der Waals surface area (Å²) < 4.78 is 5.87.